The fraction of sp³-hybridized carbons (Fsp3) is 0.667. The number of nitrogens with zero attached hydrogens (tertiary/aromatic N) is 1. The van der Waals surface area contributed by atoms with Crippen LogP contribution in [0, 0.1) is 0 Å². The number of nitrogens with one attached hydrogen (secondary N) is 1. The first-order valence-electron chi connectivity index (χ1n) is 8.51. The fourth-order valence-corrected chi connectivity index (χ4v) is 3.57. The third kappa shape index (κ3) is 4.29. The zero-order chi connectivity index (χ0) is 14.5. The number of piperidine rings is 1. The van der Waals surface area contributed by atoms with E-state index in [0.29, 0.717) is 24.7 Å². The third-order valence-electron chi connectivity index (χ3n) is 4.82. The van der Waals surface area contributed by atoms with Gasteiger partial charge in [-0.05, 0) is 44.2 Å². The lowest BCUT2D eigenvalue weighted by Gasteiger charge is -2.41. The molecule has 1 aromatic carbocycles. The summed E-state index contributed by atoms with van der Waals surface area (Å²) in [5.41, 5.74) is 1.40. The Balaban J connectivity index is 1.66. The maximum atomic E-state index is 9.42. The number of rotatable bonds is 7. The van der Waals surface area contributed by atoms with Crippen LogP contribution in [0.25, 0.3) is 0 Å². The molecule has 1 aromatic rings. The van der Waals surface area contributed by atoms with Gasteiger partial charge in [-0.15, -0.1) is 0 Å². The van der Waals surface area contributed by atoms with E-state index < -0.39 is 0 Å². The molecule has 0 bridgehead atoms. The predicted molar refractivity (Wildman–Crippen MR) is 86.1 cm³/mol. The van der Waals surface area contributed by atoms with Crippen molar-refractivity contribution >= 4 is 0 Å². The van der Waals surface area contributed by atoms with E-state index in [-0.39, 0.29) is 0 Å². The van der Waals surface area contributed by atoms with Crippen molar-refractivity contribution in [2.24, 2.45) is 0 Å². The van der Waals surface area contributed by atoms with Gasteiger partial charge in [0.2, 0.25) is 0 Å². The summed E-state index contributed by atoms with van der Waals surface area (Å²) in [6.07, 6.45) is 7.40. The molecule has 21 heavy (non-hydrogen) atoms. The van der Waals surface area contributed by atoms with Gasteiger partial charge in [-0.2, -0.15) is 0 Å². The summed E-state index contributed by atoms with van der Waals surface area (Å²) in [6, 6.07) is 12.5. The Morgan fingerprint density at radius 2 is 1.95 bits per heavy atom. The molecule has 2 atom stereocenters. The summed E-state index contributed by atoms with van der Waals surface area (Å²) in [5.74, 6) is 0. The SMILES string of the molecule is OCC[C@H](NC1CC1)[C@@H]1CCCCN1Cc1ccccc1. The average Bonchev–Trinajstić information content (AvgIpc) is 3.33. The Morgan fingerprint density at radius 1 is 1.14 bits per heavy atom. The van der Waals surface area contributed by atoms with Crippen LogP contribution < -0.4 is 5.32 Å². The number of benzene rings is 1. The Labute approximate surface area is 128 Å². The van der Waals surface area contributed by atoms with Gasteiger partial charge in [0.05, 0.1) is 0 Å². The molecule has 3 heteroatoms. The maximum Gasteiger partial charge on any atom is 0.0446 e. The third-order valence-corrected chi connectivity index (χ3v) is 4.82. The Hall–Kier alpha value is -0.900. The summed E-state index contributed by atoms with van der Waals surface area (Å²) < 4.78 is 0. The molecule has 0 aromatic heterocycles. The largest absolute Gasteiger partial charge is 0.396 e. The van der Waals surface area contributed by atoms with Crippen molar-refractivity contribution < 1.29 is 5.11 Å². The predicted octanol–water partition coefficient (Wildman–Crippen LogP) is 2.54. The lowest BCUT2D eigenvalue weighted by Crippen LogP contribution is -2.52. The highest BCUT2D eigenvalue weighted by atomic mass is 16.3. The first kappa shape index (κ1) is 15.0. The molecule has 3 rings (SSSR count). The minimum Gasteiger partial charge on any atom is -0.396 e. The van der Waals surface area contributed by atoms with Crippen molar-refractivity contribution in [1.29, 1.82) is 0 Å². The van der Waals surface area contributed by atoms with Crippen molar-refractivity contribution in [3.8, 4) is 0 Å². The summed E-state index contributed by atoms with van der Waals surface area (Å²) >= 11 is 0. The van der Waals surface area contributed by atoms with Crippen LogP contribution in [-0.2, 0) is 6.54 Å². The van der Waals surface area contributed by atoms with Gasteiger partial charge in [0.25, 0.3) is 0 Å². The molecule has 1 saturated carbocycles. The summed E-state index contributed by atoms with van der Waals surface area (Å²) in [7, 11) is 0. The molecule has 1 aliphatic carbocycles. The van der Waals surface area contributed by atoms with E-state index in [2.05, 4.69) is 40.5 Å². The van der Waals surface area contributed by atoms with Crippen LogP contribution in [0.2, 0.25) is 0 Å². The van der Waals surface area contributed by atoms with Gasteiger partial charge >= 0.3 is 0 Å². The average molecular weight is 288 g/mol. The molecule has 3 nitrogen and oxygen atoms in total. The Morgan fingerprint density at radius 3 is 2.67 bits per heavy atom. The molecule has 1 saturated heterocycles. The Bertz CT molecular complexity index is 418. The number of aliphatic hydroxyl groups is 1. The fourth-order valence-electron chi connectivity index (χ4n) is 3.57. The molecule has 116 valence electrons. The number of likely N-dealkylation sites (tertiary alicyclic amines) is 1. The van der Waals surface area contributed by atoms with Crippen molar-refractivity contribution in [2.45, 2.75) is 63.2 Å². The summed E-state index contributed by atoms with van der Waals surface area (Å²) in [6.45, 7) is 2.52. The van der Waals surface area contributed by atoms with Gasteiger partial charge in [-0.1, -0.05) is 36.8 Å². The van der Waals surface area contributed by atoms with Gasteiger partial charge < -0.3 is 10.4 Å². The molecule has 2 aliphatic rings. The van der Waals surface area contributed by atoms with E-state index in [9.17, 15) is 5.11 Å². The van der Waals surface area contributed by atoms with E-state index in [1.165, 1.54) is 44.2 Å². The van der Waals surface area contributed by atoms with Crippen molar-refractivity contribution in [2.75, 3.05) is 13.2 Å². The maximum absolute atomic E-state index is 9.42. The molecule has 1 heterocycles. The molecule has 0 spiro atoms. The zero-order valence-corrected chi connectivity index (χ0v) is 12.9. The summed E-state index contributed by atoms with van der Waals surface area (Å²) in [5, 5.41) is 13.2. The minimum absolute atomic E-state index is 0.292. The molecule has 1 aliphatic heterocycles. The van der Waals surface area contributed by atoms with Crippen molar-refractivity contribution in [1.82, 2.24) is 10.2 Å². The highest BCUT2D eigenvalue weighted by Crippen LogP contribution is 2.27. The molecule has 2 N–H and O–H groups in total. The Kier molecular flexibility index (Phi) is 5.28. The summed E-state index contributed by atoms with van der Waals surface area (Å²) in [4.78, 5) is 2.63. The minimum atomic E-state index is 0.292. The van der Waals surface area contributed by atoms with Gasteiger partial charge in [0, 0.05) is 31.3 Å². The van der Waals surface area contributed by atoms with E-state index in [1.54, 1.807) is 0 Å². The zero-order valence-electron chi connectivity index (χ0n) is 12.9. The molecule has 0 unspecified atom stereocenters. The normalized spacial score (nSPS) is 24.9. The van der Waals surface area contributed by atoms with Crippen LogP contribution in [0.5, 0.6) is 0 Å². The quantitative estimate of drug-likeness (QED) is 0.809. The second kappa shape index (κ2) is 7.39. The lowest BCUT2D eigenvalue weighted by atomic mass is 9.93. The molecule has 0 radical (unpaired) electrons. The van der Waals surface area contributed by atoms with Gasteiger partial charge in [-0.3, -0.25) is 4.90 Å². The second-order valence-electron chi connectivity index (χ2n) is 6.58. The topological polar surface area (TPSA) is 35.5 Å². The van der Waals surface area contributed by atoms with Crippen LogP contribution >= 0.6 is 0 Å². The molecular weight excluding hydrogens is 260 g/mol. The van der Waals surface area contributed by atoms with E-state index in [4.69, 9.17) is 0 Å². The van der Waals surface area contributed by atoms with Crippen LogP contribution in [0.4, 0.5) is 0 Å². The molecule has 2 fully saturated rings. The van der Waals surface area contributed by atoms with Crippen molar-refractivity contribution in [3.05, 3.63) is 35.9 Å². The first-order chi connectivity index (χ1) is 10.4. The van der Waals surface area contributed by atoms with E-state index in [0.717, 1.165) is 13.0 Å². The smallest absolute Gasteiger partial charge is 0.0446 e. The van der Waals surface area contributed by atoms with Crippen LogP contribution in [0.3, 0.4) is 0 Å². The van der Waals surface area contributed by atoms with E-state index in [1.807, 2.05) is 0 Å². The number of hydrogen-bond acceptors (Lipinski definition) is 3. The van der Waals surface area contributed by atoms with Crippen LogP contribution in [0.1, 0.15) is 44.1 Å². The standard InChI is InChI=1S/C18H28N2O/c21-13-11-17(19-16-9-10-16)18-8-4-5-12-20(18)14-15-6-2-1-3-7-15/h1-3,6-7,16-19,21H,4-5,8-14H2/t17-,18-/m0/s1. The second-order valence-corrected chi connectivity index (χ2v) is 6.58. The molecule has 0 amide bonds. The van der Waals surface area contributed by atoms with Crippen molar-refractivity contribution in [3.63, 3.8) is 0 Å². The van der Waals surface area contributed by atoms with Gasteiger partial charge in [0.1, 0.15) is 0 Å². The van der Waals surface area contributed by atoms with Gasteiger partial charge in [0.15, 0.2) is 0 Å². The van der Waals surface area contributed by atoms with Crippen LogP contribution in [0.15, 0.2) is 30.3 Å². The first-order valence-corrected chi connectivity index (χ1v) is 8.51. The monoisotopic (exact) mass is 288 g/mol. The van der Waals surface area contributed by atoms with Gasteiger partial charge in [-0.25, -0.2) is 0 Å². The highest BCUT2D eigenvalue weighted by molar-refractivity contribution is 5.15. The molecular formula is C18H28N2O. The van der Waals surface area contributed by atoms with Crippen LogP contribution in [-0.4, -0.2) is 41.3 Å². The highest BCUT2D eigenvalue weighted by Gasteiger charge is 2.33. The number of hydrogen-bond donors (Lipinski definition) is 2. The lowest BCUT2D eigenvalue weighted by molar-refractivity contribution is 0.0941. The number of aliphatic hydroxyl groups excluding tert-OH is 1. The van der Waals surface area contributed by atoms with E-state index >= 15 is 0 Å².